The van der Waals surface area contributed by atoms with E-state index in [2.05, 4.69) is 5.32 Å². The maximum absolute atomic E-state index is 10.5. The van der Waals surface area contributed by atoms with Crippen LogP contribution in [0.1, 0.15) is 0 Å². The Morgan fingerprint density at radius 3 is 2.19 bits per heavy atom. The molecule has 0 aliphatic heterocycles. The molecular formula is C8H7Cl3N4O. The summed E-state index contributed by atoms with van der Waals surface area (Å²) in [5.74, 6) is -0.335. The normalized spacial score (nSPS) is 9.69. The van der Waals surface area contributed by atoms with Crippen LogP contribution in [0.4, 0.5) is 10.5 Å². The lowest BCUT2D eigenvalue weighted by Gasteiger charge is -2.11. The molecule has 0 heterocycles. The molecule has 0 saturated carbocycles. The summed E-state index contributed by atoms with van der Waals surface area (Å²) in [4.78, 5) is 10.5. The van der Waals surface area contributed by atoms with Gasteiger partial charge in [-0.3, -0.25) is 10.7 Å². The highest BCUT2D eigenvalue weighted by Crippen LogP contribution is 2.33. The largest absolute Gasteiger partial charge is 0.351 e. The van der Waals surface area contributed by atoms with Crippen molar-refractivity contribution in [1.82, 2.24) is 5.32 Å². The highest BCUT2D eigenvalue weighted by Gasteiger charge is 2.09. The maximum Gasteiger partial charge on any atom is 0.318 e. The van der Waals surface area contributed by atoms with Gasteiger partial charge in [-0.1, -0.05) is 34.8 Å². The Labute approximate surface area is 106 Å². The van der Waals surface area contributed by atoms with Crippen molar-refractivity contribution in [3.05, 3.63) is 27.2 Å². The van der Waals surface area contributed by atoms with Gasteiger partial charge in [-0.15, -0.1) is 0 Å². The predicted octanol–water partition coefficient (Wildman–Crippen LogP) is 2.66. The van der Waals surface area contributed by atoms with Gasteiger partial charge in [0.1, 0.15) is 0 Å². The zero-order chi connectivity index (χ0) is 12.3. The summed E-state index contributed by atoms with van der Waals surface area (Å²) in [6, 6.07) is 2.04. The fourth-order valence-electron chi connectivity index (χ4n) is 0.941. The number of carbonyl (C=O) groups excluding carboxylic acids is 1. The van der Waals surface area contributed by atoms with Crippen LogP contribution >= 0.6 is 34.8 Å². The summed E-state index contributed by atoms with van der Waals surface area (Å²) in [6.45, 7) is 0. The molecule has 1 aromatic rings. The number of rotatable bonds is 1. The fourth-order valence-corrected chi connectivity index (χ4v) is 1.85. The van der Waals surface area contributed by atoms with Gasteiger partial charge in [-0.2, -0.15) is 0 Å². The summed E-state index contributed by atoms with van der Waals surface area (Å²) in [5.41, 5.74) is 5.10. The summed E-state index contributed by atoms with van der Waals surface area (Å²) >= 11 is 17.4. The first-order chi connectivity index (χ1) is 7.40. The summed E-state index contributed by atoms with van der Waals surface area (Å²) in [6.07, 6.45) is 0. The summed E-state index contributed by atoms with van der Waals surface area (Å²) in [7, 11) is 0. The van der Waals surface area contributed by atoms with Crippen LogP contribution in [-0.4, -0.2) is 12.0 Å². The van der Waals surface area contributed by atoms with Gasteiger partial charge in [0, 0.05) is 5.02 Å². The van der Waals surface area contributed by atoms with Crippen molar-refractivity contribution in [3.8, 4) is 0 Å². The number of amides is 2. The number of benzene rings is 1. The van der Waals surface area contributed by atoms with E-state index in [1.54, 1.807) is 0 Å². The molecule has 2 amide bonds. The van der Waals surface area contributed by atoms with E-state index in [4.69, 9.17) is 45.9 Å². The number of anilines is 1. The second kappa shape index (κ2) is 5.25. The fraction of sp³-hybridized carbons (Fsp3) is 0. The second-order valence-corrected chi connectivity index (χ2v) is 3.98. The molecule has 16 heavy (non-hydrogen) atoms. The van der Waals surface area contributed by atoms with Gasteiger partial charge in [0.15, 0.2) is 0 Å². The van der Waals surface area contributed by atoms with Crippen molar-refractivity contribution in [2.45, 2.75) is 0 Å². The molecule has 0 saturated heterocycles. The predicted molar refractivity (Wildman–Crippen MR) is 65.5 cm³/mol. The molecule has 8 heteroatoms. The molecule has 1 aromatic carbocycles. The molecule has 0 radical (unpaired) electrons. The van der Waals surface area contributed by atoms with Crippen molar-refractivity contribution in [2.75, 3.05) is 5.32 Å². The van der Waals surface area contributed by atoms with Crippen LogP contribution in [0.25, 0.3) is 0 Å². The third-order valence-electron chi connectivity index (χ3n) is 1.51. The molecule has 0 fully saturated rings. The van der Waals surface area contributed by atoms with E-state index in [-0.39, 0.29) is 21.7 Å². The minimum Gasteiger partial charge on any atom is -0.351 e. The Bertz CT molecular complexity index is 426. The van der Waals surface area contributed by atoms with Gasteiger partial charge < -0.3 is 11.1 Å². The second-order valence-electron chi connectivity index (χ2n) is 2.73. The number of carbonyl (C=O) groups is 1. The van der Waals surface area contributed by atoms with Crippen molar-refractivity contribution in [1.29, 1.82) is 5.41 Å². The standard InChI is InChI=1S/C8H7Cl3N4O/c9-3-1-4(10)6(5(11)2-3)14-7(12)15-8(13)16/h1-2H,(H5,12,13,14,15,16). The molecule has 1 rings (SSSR count). The van der Waals surface area contributed by atoms with E-state index >= 15 is 0 Å². The average molecular weight is 282 g/mol. The quantitative estimate of drug-likeness (QED) is 0.471. The van der Waals surface area contributed by atoms with Gasteiger partial charge in [0.05, 0.1) is 15.7 Å². The van der Waals surface area contributed by atoms with Gasteiger partial charge in [-0.05, 0) is 12.1 Å². The van der Waals surface area contributed by atoms with Gasteiger partial charge >= 0.3 is 6.03 Å². The lowest BCUT2D eigenvalue weighted by Crippen LogP contribution is -2.38. The van der Waals surface area contributed by atoms with Crippen molar-refractivity contribution in [2.24, 2.45) is 5.73 Å². The first kappa shape index (κ1) is 12.9. The van der Waals surface area contributed by atoms with Gasteiger partial charge in [-0.25, -0.2) is 4.79 Å². The summed E-state index contributed by atoms with van der Waals surface area (Å²) in [5, 5.41) is 12.7. The Kier molecular flexibility index (Phi) is 4.23. The smallest absolute Gasteiger partial charge is 0.318 e. The Morgan fingerprint density at radius 1 is 1.25 bits per heavy atom. The lowest BCUT2D eigenvalue weighted by molar-refractivity contribution is 0.253. The molecule has 5 N–H and O–H groups in total. The monoisotopic (exact) mass is 280 g/mol. The zero-order valence-electron chi connectivity index (χ0n) is 7.77. The number of halogens is 3. The molecule has 0 unspecified atom stereocenters. The first-order valence-electron chi connectivity index (χ1n) is 3.96. The molecule has 0 atom stereocenters. The Morgan fingerprint density at radius 2 is 1.75 bits per heavy atom. The molecule has 0 aromatic heterocycles. The van der Waals surface area contributed by atoms with E-state index in [0.717, 1.165) is 0 Å². The van der Waals surface area contributed by atoms with Gasteiger partial charge in [0.2, 0.25) is 5.96 Å². The molecule has 0 aliphatic carbocycles. The highest BCUT2D eigenvalue weighted by molar-refractivity contribution is 6.42. The number of hydrogen-bond donors (Lipinski definition) is 4. The van der Waals surface area contributed by atoms with Crippen molar-refractivity contribution in [3.63, 3.8) is 0 Å². The minimum absolute atomic E-state index is 0.230. The van der Waals surface area contributed by atoms with Crippen molar-refractivity contribution < 1.29 is 4.79 Å². The van der Waals surface area contributed by atoms with Crippen LogP contribution in [0.5, 0.6) is 0 Å². The Hall–Kier alpha value is -1.17. The zero-order valence-corrected chi connectivity index (χ0v) is 10.0. The lowest BCUT2D eigenvalue weighted by atomic mass is 10.3. The van der Waals surface area contributed by atoms with Crippen LogP contribution in [0.2, 0.25) is 15.1 Å². The third-order valence-corrected chi connectivity index (χ3v) is 2.32. The van der Waals surface area contributed by atoms with Crippen molar-refractivity contribution >= 4 is 52.5 Å². The van der Waals surface area contributed by atoms with E-state index in [1.807, 2.05) is 5.32 Å². The average Bonchev–Trinajstić information content (AvgIpc) is 2.09. The van der Waals surface area contributed by atoms with Crippen LogP contribution in [0, 0.1) is 5.41 Å². The minimum atomic E-state index is -0.862. The molecular weight excluding hydrogens is 274 g/mol. The van der Waals surface area contributed by atoms with E-state index < -0.39 is 6.03 Å². The van der Waals surface area contributed by atoms with E-state index in [1.165, 1.54) is 12.1 Å². The molecule has 0 spiro atoms. The molecule has 0 bridgehead atoms. The number of urea groups is 1. The van der Waals surface area contributed by atoms with E-state index in [9.17, 15) is 4.79 Å². The first-order valence-corrected chi connectivity index (χ1v) is 5.10. The molecule has 5 nitrogen and oxygen atoms in total. The van der Waals surface area contributed by atoms with Gasteiger partial charge in [0.25, 0.3) is 0 Å². The molecule has 86 valence electrons. The number of nitrogens with one attached hydrogen (secondary N) is 3. The highest BCUT2D eigenvalue weighted by atomic mass is 35.5. The number of primary amides is 1. The van der Waals surface area contributed by atoms with Crippen LogP contribution < -0.4 is 16.4 Å². The Balaban J connectivity index is 2.89. The maximum atomic E-state index is 10.5. The number of nitrogens with two attached hydrogens (primary N) is 1. The molecule has 0 aliphatic rings. The third kappa shape index (κ3) is 3.44. The van der Waals surface area contributed by atoms with E-state index in [0.29, 0.717) is 5.02 Å². The summed E-state index contributed by atoms with van der Waals surface area (Å²) < 4.78 is 0. The number of guanidine groups is 1. The number of hydrogen-bond acceptors (Lipinski definition) is 2. The SMILES string of the molecule is N=C(NC(N)=O)Nc1c(Cl)cc(Cl)cc1Cl. The topological polar surface area (TPSA) is 91.0 Å². The van der Waals surface area contributed by atoms with Crippen LogP contribution in [0.15, 0.2) is 12.1 Å². The van der Waals surface area contributed by atoms with Crippen LogP contribution in [0.3, 0.4) is 0 Å². The van der Waals surface area contributed by atoms with Crippen LogP contribution in [-0.2, 0) is 0 Å².